The Kier molecular flexibility index (Phi) is 3.76. The minimum Gasteiger partial charge on any atom is -0.370 e. The monoisotopic (exact) mass is 348 g/mol. The van der Waals surface area contributed by atoms with Gasteiger partial charge in [0.1, 0.15) is 6.10 Å². The molecule has 118 valence electrons. The first-order valence-electron chi connectivity index (χ1n) is 7.23. The summed E-state index contributed by atoms with van der Waals surface area (Å²) >= 11 is 7.36. The molecule has 1 atom stereocenters. The molecular weight excluding hydrogens is 336 g/mol. The van der Waals surface area contributed by atoms with Gasteiger partial charge in [0.15, 0.2) is 5.82 Å². The van der Waals surface area contributed by atoms with Crippen LogP contribution in [0.1, 0.15) is 34.4 Å². The molecule has 3 aromatic rings. The fourth-order valence-electron chi connectivity index (χ4n) is 2.55. The van der Waals surface area contributed by atoms with Gasteiger partial charge in [0, 0.05) is 16.3 Å². The minimum absolute atomic E-state index is 0.0559. The number of aromatic amines is 1. The molecule has 0 saturated carbocycles. The van der Waals surface area contributed by atoms with Crippen molar-refractivity contribution in [1.29, 1.82) is 0 Å². The predicted octanol–water partition coefficient (Wildman–Crippen LogP) is 3.78. The number of benzene rings is 1. The summed E-state index contributed by atoms with van der Waals surface area (Å²) in [6, 6.07) is 7.38. The van der Waals surface area contributed by atoms with Crippen molar-refractivity contribution in [3.05, 3.63) is 40.0 Å². The molecule has 8 heteroatoms. The van der Waals surface area contributed by atoms with Crippen molar-refractivity contribution in [2.24, 2.45) is 0 Å². The van der Waals surface area contributed by atoms with Crippen LogP contribution in [0.3, 0.4) is 0 Å². The smallest absolute Gasteiger partial charge is 0.268 e. The van der Waals surface area contributed by atoms with E-state index in [0.29, 0.717) is 15.7 Å². The van der Waals surface area contributed by atoms with Gasteiger partial charge in [-0.1, -0.05) is 17.7 Å². The van der Waals surface area contributed by atoms with Gasteiger partial charge in [0.05, 0.1) is 4.88 Å². The minimum atomic E-state index is -0.236. The first-order valence-corrected chi connectivity index (χ1v) is 8.43. The maximum atomic E-state index is 12.3. The van der Waals surface area contributed by atoms with Crippen LogP contribution in [0.2, 0.25) is 5.02 Å². The van der Waals surface area contributed by atoms with Crippen LogP contribution in [0, 0.1) is 0 Å². The van der Waals surface area contributed by atoms with Gasteiger partial charge in [-0.15, -0.1) is 16.4 Å². The zero-order chi connectivity index (χ0) is 15.8. The Morgan fingerprint density at radius 3 is 3.17 bits per heavy atom. The second-order valence-electron chi connectivity index (χ2n) is 5.29. The van der Waals surface area contributed by atoms with Crippen LogP contribution in [0.15, 0.2) is 24.3 Å². The van der Waals surface area contributed by atoms with Gasteiger partial charge in [-0.3, -0.25) is 15.2 Å². The Labute approximate surface area is 140 Å². The predicted molar refractivity (Wildman–Crippen MR) is 89.1 cm³/mol. The second kappa shape index (κ2) is 5.92. The fraction of sp³-hybridized carbons (Fsp3) is 0.267. The molecule has 0 aliphatic carbocycles. The van der Waals surface area contributed by atoms with E-state index >= 15 is 0 Å². The van der Waals surface area contributed by atoms with E-state index in [-0.39, 0.29) is 18.0 Å². The van der Waals surface area contributed by atoms with Crippen LogP contribution in [0.5, 0.6) is 0 Å². The lowest BCUT2D eigenvalue weighted by molar-refractivity contribution is 0.102. The van der Waals surface area contributed by atoms with Gasteiger partial charge in [-0.2, -0.15) is 4.98 Å². The van der Waals surface area contributed by atoms with Crippen LogP contribution >= 0.6 is 22.9 Å². The number of nitrogens with zero attached hydrogens (tertiary/aromatic N) is 2. The largest absolute Gasteiger partial charge is 0.370 e. The Balaban J connectivity index is 1.52. The lowest BCUT2D eigenvalue weighted by Gasteiger charge is -2.02. The highest BCUT2D eigenvalue weighted by Crippen LogP contribution is 2.29. The van der Waals surface area contributed by atoms with E-state index in [1.165, 1.54) is 11.3 Å². The molecule has 1 aromatic carbocycles. The Hall–Kier alpha value is -1.96. The lowest BCUT2D eigenvalue weighted by Crippen LogP contribution is -2.11. The molecule has 0 unspecified atom stereocenters. The highest BCUT2D eigenvalue weighted by atomic mass is 35.5. The zero-order valence-electron chi connectivity index (χ0n) is 12.0. The molecular formula is C15H13ClN4O2S. The summed E-state index contributed by atoms with van der Waals surface area (Å²) in [7, 11) is 0. The van der Waals surface area contributed by atoms with E-state index in [0.717, 1.165) is 29.5 Å². The van der Waals surface area contributed by atoms with Crippen LogP contribution in [-0.2, 0) is 4.74 Å². The van der Waals surface area contributed by atoms with Gasteiger partial charge in [0.2, 0.25) is 5.95 Å². The van der Waals surface area contributed by atoms with Crippen molar-refractivity contribution < 1.29 is 9.53 Å². The maximum Gasteiger partial charge on any atom is 0.268 e. The normalized spacial score (nSPS) is 17.7. The third-order valence-corrected chi connectivity index (χ3v) is 5.00. The molecule has 1 saturated heterocycles. The number of ether oxygens (including phenoxy) is 1. The standard InChI is InChI=1S/C15H13ClN4O2S/c16-9-4-3-8-6-12(23-11(8)7-9)14(21)18-15-17-13(19-20-15)10-2-1-5-22-10/h3-4,6-7,10H,1-2,5H2,(H2,17,18,19,20,21)/t10-/m0/s1. The summed E-state index contributed by atoms with van der Waals surface area (Å²) in [5.41, 5.74) is 0. The number of H-pyrrole nitrogens is 1. The molecule has 1 aliphatic rings. The number of hydrogen-bond donors (Lipinski definition) is 2. The average molecular weight is 349 g/mol. The van der Waals surface area contributed by atoms with E-state index in [1.54, 1.807) is 6.07 Å². The summed E-state index contributed by atoms with van der Waals surface area (Å²) < 4.78 is 6.51. The van der Waals surface area contributed by atoms with Crippen LogP contribution in [0.25, 0.3) is 10.1 Å². The summed E-state index contributed by atoms with van der Waals surface area (Å²) in [4.78, 5) is 17.2. The summed E-state index contributed by atoms with van der Waals surface area (Å²) in [5.74, 6) is 0.678. The Morgan fingerprint density at radius 2 is 2.35 bits per heavy atom. The van der Waals surface area contributed by atoms with E-state index in [1.807, 2.05) is 18.2 Å². The molecule has 1 fully saturated rings. The lowest BCUT2D eigenvalue weighted by atomic mass is 10.2. The number of amides is 1. The number of fused-ring (bicyclic) bond motifs is 1. The summed E-state index contributed by atoms with van der Waals surface area (Å²) in [6.45, 7) is 0.734. The number of nitrogens with one attached hydrogen (secondary N) is 2. The Morgan fingerprint density at radius 1 is 1.43 bits per heavy atom. The van der Waals surface area contributed by atoms with Crippen LogP contribution < -0.4 is 5.32 Å². The van der Waals surface area contributed by atoms with Crippen LogP contribution in [-0.4, -0.2) is 27.7 Å². The highest BCUT2D eigenvalue weighted by Gasteiger charge is 2.22. The molecule has 1 aliphatic heterocycles. The molecule has 2 aromatic heterocycles. The number of aromatic nitrogens is 3. The third-order valence-electron chi connectivity index (χ3n) is 3.67. The topological polar surface area (TPSA) is 79.9 Å². The number of halogens is 1. The first kappa shape index (κ1) is 14.6. The van der Waals surface area contributed by atoms with Crippen LogP contribution in [0.4, 0.5) is 5.95 Å². The quantitative estimate of drug-likeness (QED) is 0.755. The van der Waals surface area contributed by atoms with E-state index in [4.69, 9.17) is 16.3 Å². The average Bonchev–Trinajstić information content (AvgIpc) is 3.26. The van der Waals surface area contributed by atoms with Gasteiger partial charge < -0.3 is 4.74 Å². The van der Waals surface area contributed by atoms with Crippen molar-refractivity contribution in [2.75, 3.05) is 11.9 Å². The van der Waals surface area contributed by atoms with E-state index in [9.17, 15) is 4.79 Å². The molecule has 1 amide bonds. The number of hydrogen-bond acceptors (Lipinski definition) is 5. The number of rotatable bonds is 3. The number of carbonyl (C=O) groups excluding carboxylic acids is 1. The van der Waals surface area contributed by atoms with Gasteiger partial charge >= 0.3 is 0 Å². The number of thiophene rings is 1. The molecule has 3 heterocycles. The fourth-order valence-corrected chi connectivity index (χ4v) is 3.78. The molecule has 0 bridgehead atoms. The van der Waals surface area contributed by atoms with Crippen molar-refractivity contribution in [3.63, 3.8) is 0 Å². The first-order chi connectivity index (χ1) is 11.2. The zero-order valence-corrected chi connectivity index (χ0v) is 13.6. The van der Waals surface area contributed by atoms with Crippen molar-refractivity contribution in [2.45, 2.75) is 18.9 Å². The molecule has 0 radical (unpaired) electrons. The molecule has 6 nitrogen and oxygen atoms in total. The molecule has 4 rings (SSSR count). The highest BCUT2D eigenvalue weighted by molar-refractivity contribution is 7.21. The second-order valence-corrected chi connectivity index (χ2v) is 6.81. The Bertz CT molecular complexity index is 869. The third kappa shape index (κ3) is 2.95. The van der Waals surface area contributed by atoms with Crippen molar-refractivity contribution in [1.82, 2.24) is 15.2 Å². The van der Waals surface area contributed by atoms with E-state index < -0.39 is 0 Å². The molecule has 2 N–H and O–H groups in total. The number of carbonyl (C=O) groups is 1. The SMILES string of the molecule is O=C(Nc1n[nH]c([C@@H]2CCCO2)n1)c1cc2ccc(Cl)cc2s1. The summed E-state index contributed by atoms with van der Waals surface area (Å²) in [5, 5.41) is 11.2. The number of anilines is 1. The van der Waals surface area contributed by atoms with Gasteiger partial charge in [-0.05, 0) is 36.4 Å². The van der Waals surface area contributed by atoms with Crippen molar-refractivity contribution in [3.8, 4) is 0 Å². The van der Waals surface area contributed by atoms with Gasteiger partial charge in [-0.25, -0.2) is 0 Å². The van der Waals surface area contributed by atoms with Crippen molar-refractivity contribution >= 4 is 44.9 Å². The van der Waals surface area contributed by atoms with Gasteiger partial charge in [0.25, 0.3) is 5.91 Å². The van der Waals surface area contributed by atoms with E-state index in [2.05, 4.69) is 20.5 Å². The molecule has 0 spiro atoms. The summed E-state index contributed by atoms with van der Waals surface area (Å²) in [6.07, 6.45) is 1.87. The molecule has 23 heavy (non-hydrogen) atoms. The maximum absolute atomic E-state index is 12.3.